The lowest BCUT2D eigenvalue weighted by molar-refractivity contribution is 0.309. The van der Waals surface area contributed by atoms with Gasteiger partial charge in [0.15, 0.2) is 0 Å². The highest BCUT2D eigenvalue weighted by atomic mass is 31.2. The molecule has 0 aromatic rings. The highest BCUT2D eigenvalue weighted by Gasteiger charge is 2.06. The van der Waals surface area contributed by atoms with Crippen LogP contribution < -0.4 is 11.0 Å². The van der Waals surface area contributed by atoms with E-state index in [-0.39, 0.29) is 0 Å². The van der Waals surface area contributed by atoms with Gasteiger partial charge in [0.2, 0.25) is 0 Å². The highest BCUT2D eigenvalue weighted by Crippen LogP contribution is 2.26. The van der Waals surface area contributed by atoms with Crippen molar-refractivity contribution in [3.05, 3.63) is 12.2 Å². The van der Waals surface area contributed by atoms with E-state index in [0.29, 0.717) is 6.61 Å². The molecule has 5 heteroatoms. The Morgan fingerprint density at radius 3 is 2.64 bits per heavy atom. The molecule has 0 aliphatic rings. The van der Waals surface area contributed by atoms with Crippen LogP contribution >= 0.6 is 7.67 Å². The fourth-order valence-corrected chi connectivity index (χ4v) is 0.990. The second-order valence-electron chi connectivity index (χ2n) is 2.19. The van der Waals surface area contributed by atoms with Gasteiger partial charge in [-0.15, -0.1) is 0 Å². The van der Waals surface area contributed by atoms with Gasteiger partial charge in [0.1, 0.15) is 0 Å². The van der Waals surface area contributed by atoms with Crippen LogP contribution in [0.5, 0.6) is 0 Å². The van der Waals surface area contributed by atoms with Crippen molar-refractivity contribution < 1.29 is 9.09 Å². The number of rotatable bonds is 5. The predicted molar refractivity (Wildman–Crippen MR) is 46.0 cm³/mol. The first-order chi connectivity index (χ1) is 5.06. The van der Waals surface area contributed by atoms with E-state index in [0.717, 1.165) is 12.8 Å². The van der Waals surface area contributed by atoms with Crippen molar-refractivity contribution >= 4 is 7.67 Å². The minimum absolute atomic E-state index is 0.356. The zero-order valence-electron chi connectivity index (χ0n) is 6.69. The van der Waals surface area contributed by atoms with Crippen molar-refractivity contribution in [2.75, 3.05) is 6.61 Å². The maximum absolute atomic E-state index is 10.6. The standard InChI is InChI=1S/C6H15N2O2P/c1-2-3-4-5-6-10-11(7,8)9/h2-3H,4-6H2,1H3,(H4,7,8,9). The van der Waals surface area contributed by atoms with Crippen LogP contribution in [-0.4, -0.2) is 6.61 Å². The molecular weight excluding hydrogens is 163 g/mol. The first-order valence-electron chi connectivity index (χ1n) is 3.49. The van der Waals surface area contributed by atoms with E-state index in [1.807, 2.05) is 19.1 Å². The average molecular weight is 178 g/mol. The molecule has 0 saturated carbocycles. The first-order valence-corrected chi connectivity index (χ1v) is 5.25. The van der Waals surface area contributed by atoms with E-state index in [1.165, 1.54) is 0 Å². The first kappa shape index (κ1) is 10.8. The number of hydrogen-bond acceptors (Lipinski definition) is 2. The summed E-state index contributed by atoms with van der Waals surface area (Å²) < 4.78 is 15.2. The van der Waals surface area contributed by atoms with Crippen molar-refractivity contribution in [1.82, 2.24) is 0 Å². The van der Waals surface area contributed by atoms with Crippen molar-refractivity contribution in [1.29, 1.82) is 0 Å². The summed E-state index contributed by atoms with van der Waals surface area (Å²) in [6.45, 7) is 2.30. The van der Waals surface area contributed by atoms with Crippen LogP contribution in [0.1, 0.15) is 19.8 Å². The number of unbranched alkanes of at least 4 members (excludes halogenated alkanes) is 1. The molecule has 0 unspecified atom stereocenters. The largest absolute Gasteiger partial charge is 0.335 e. The summed E-state index contributed by atoms with van der Waals surface area (Å²) in [5, 5.41) is 0. The Labute approximate surface area is 67.2 Å². The molecule has 4 N–H and O–H groups in total. The molecule has 0 fully saturated rings. The summed E-state index contributed by atoms with van der Waals surface area (Å²) >= 11 is 0. The normalized spacial score (nSPS) is 12.6. The van der Waals surface area contributed by atoms with Crippen molar-refractivity contribution in [3.8, 4) is 0 Å². The van der Waals surface area contributed by atoms with Gasteiger partial charge in [-0.1, -0.05) is 12.2 Å². The highest BCUT2D eigenvalue weighted by molar-refractivity contribution is 7.53. The minimum Gasteiger partial charge on any atom is -0.306 e. The molecule has 66 valence electrons. The molecule has 4 nitrogen and oxygen atoms in total. The molecule has 0 saturated heterocycles. The van der Waals surface area contributed by atoms with Crippen LogP contribution in [0.15, 0.2) is 12.2 Å². The summed E-state index contributed by atoms with van der Waals surface area (Å²) in [6.07, 6.45) is 5.64. The van der Waals surface area contributed by atoms with Gasteiger partial charge in [-0.2, -0.15) is 0 Å². The van der Waals surface area contributed by atoms with Gasteiger partial charge < -0.3 is 4.52 Å². The monoisotopic (exact) mass is 178 g/mol. The fraction of sp³-hybridized carbons (Fsp3) is 0.667. The lowest BCUT2D eigenvalue weighted by atomic mass is 10.3. The number of allylic oxidation sites excluding steroid dienone is 2. The maximum atomic E-state index is 10.6. The Kier molecular flexibility index (Phi) is 5.42. The second-order valence-corrected chi connectivity index (χ2v) is 3.74. The summed E-state index contributed by atoms with van der Waals surface area (Å²) in [7, 11) is -3.24. The van der Waals surface area contributed by atoms with Crippen LogP contribution in [0.2, 0.25) is 0 Å². The Hall–Kier alpha value is -0.150. The van der Waals surface area contributed by atoms with E-state index in [1.54, 1.807) is 0 Å². The molecule has 0 aliphatic carbocycles. The van der Waals surface area contributed by atoms with Crippen LogP contribution in [0, 0.1) is 0 Å². The molecule has 0 rings (SSSR count). The van der Waals surface area contributed by atoms with Gasteiger partial charge in [-0.3, -0.25) is 4.57 Å². The molecule has 0 bridgehead atoms. The van der Waals surface area contributed by atoms with E-state index >= 15 is 0 Å². The zero-order chi connectivity index (χ0) is 8.74. The Bertz CT molecular complexity index is 164. The summed E-state index contributed by atoms with van der Waals surface area (Å²) in [5.41, 5.74) is 9.89. The summed E-state index contributed by atoms with van der Waals surface area (Å²) in [6, 6.07) is 0. The Morgan fingerprint density at radius 1 is 1.55 bits per heavy atom. The van der Waals surface area contributed by atoms with Gasteiger partial charge in [0.25, 0.3) is 0 Å². The molecule has 0 heterocycles. The summed E-state index contributed by atoms with van der Waals surface area (Å²) in [4.78, 5) is 0. The number of nitrogens with two attached hydrogens (primary N) is 2. The fourth-order valence-electron chi connectivity index (χ4n) is 0.575. The SMILES string of the molecule is CC=CCCCOP(N)(N)=O. The van der Waals surface area contributed by atoms with Gasteiger partial charge in [-0.05, 0) is 19.8 Å². The molecule has 0 amide bonds. The number of hydrogen-bond donors (Lipinski definition) is 2. The average Bonchev–Trinajstić information content (AvgIpc) is 1.85. The third kappa shape index (κ3) is 9.85. The molecule has 0 radical (unpaired) electrons. The van der Waals surface area contributed by atoms with Gasteiger partial charge >= 0.3 is 7.67 Å². The van der Waals surface area contributed by atoms with Gasteiger partial charge in [-0.25, -0.2) is 11.0 Å². The topological polar surface area (TPSA) is 78.3 Å². The van der Waals surface area contributed by atoms with Crippen LogP contribution in [0.25, 0.3) is 0 Å². The van der Waals surface area contributed by atoms with Crippen LogP contribution in [0.3, 0.4) is 0 Å². The van der Waals surface area contributed by atoms with E-state index in [4.69, 9.17) is 11.0 Å². The van der Waals surface area contributed by atoms with E-state index in [2.05, 4.69) is 4.52 Å². The summed E-state index contributed by atoms with van der Waals surface area (Å²) in [5.74, 6) is 0. The second kappa shape index (κ2) is 5.49. The molecule has 0 aliphatic heterocycles. The molecule has 0 atom stereocenters. The smallest absolute Gasteiger partial charge is 0.306 e. The predicted octanol–water partition coefficient (Wildman–Crippen LogP) is 1.38. The Balaban J connectivity index is 3.22. The van der Waals surface area contributed by atoms with Gasteiger partial charge in [0.05, 0.1) is 6.61 Å². The lowest BCUT2D eigenvalue weighted by Crippen LogP contribution is -2.08. The van der Waals surface area contributed by atoms with Crippen LogP contribution in [-0.2, 0) is 9.09 Å². The maximum Gasteiger partial charge on any atom is 0.335 e. The zero-order valence-corrected chi connectivity index (χ0v) is 7.59. The third-order valence-corrected chi connectivity index (χ3v) is 1.63. The van der Waals surface area contributed by atoms with Gasteiger partial charge in [0, 0.05) is 0 Å². The molecular formula is C6H15N2O2P. The van der Waals surface area contributed by atoms with E-state index < -0.39 is 7.67 Å². The van der Waals surface area contributed by atoms with Crippen molar-refractivity contribution in [3.63, 3.8) is 0 Å². The quantitative estimate of drug-likeness (QED) is 0.378. The van der Waals surface area contributed by atoms with E-state index in [9.17, 15) is 4.57 Å². The van der Waals surface area contributed by atoms with Crippen molar-refractivity contribution in [2.24, 2.45) is 11.0 Å². The minimum atomic E-state index is -3.24. The molecule has 11 heavy (non-hydrogen) atoms. The molecule has 0 spiro atoms. The molecule has 0 aromatic carbocycles. The third-order valence-electron chi connectivity index (χ3n) is 1.04. The van der Waals surface area contributed by atoms with Crippen molar-refractivity contribution in [2.45, 2.75) is 19.8 Å². The lowest BCUT2D eigenvalue weighted by Gasteiger charge is -2.05. The molecule has 0 aromatic heterocycles. The van der Waals surface area contributed by atoms with Crippen LogP contribution in [0.4, 0.5) is 0 Å². The Morgan fingerprint density at radius 2 is 2.18 bits per heavy atom.